The molecule has 9 nitrogen and oxygen atoms in total. The van der Waals surface area contributed by atoms with E-state index in [-0.39, 0.29) is 11.6 Å². The zero-order valence-corrected chi connectivity index (χ0v) is 19.8. The molecule has 1 N–H and O–H groups in total. The Morgan fingerprint density at radius 2 is 1.74 bits per heavy atom. The Hall–Kier alpha value is -2.40. The van der Waals surface area contributed by atoms with Crippen LogP contribution >= 0.6 is 24.0 Å². The Kier molecular flexibility index (Phi) is 8.63. The topological polar surface area (TPSA) is 105 Å². The fraction of sp³-hybridized carbons (Fsp3) is 0.550. The van der Waals surface area contributed by atoms with Crippen LogP contribution in [0.25, 0.3) is 0 Å². The molecule has 0 aliphatic carbocycles. The first-order chi connectivity index (χ1) is 14.5. The van der Waals surface area contributed by atoms with Crippen molar-refractivity contribution in [2.75, 3.05) is 26.2 Å². The maximum absolute atomic E-state index is 12.6. The normalized spacial score (nSPS) is 15.2. The van der Waals surface area contributed by atoms with Gasteiger partial charge in [0.2, 0.25) is 5.91 Å². The number of nitrogens with one attached hydrogen (secondary N) is 1. The molecule has 1 unspecified atom stereocenters. The maximum atomic E-state index is 12.6. The van der Waals surface area contributed by atoms with E-state index in [1.165, 1.54) is 23.9 Å². The van der Waals surface area contributed by atoms with Gasteiger partial charge in [0.15, 0.2) is 0 Å². The standard InChI is InChI=1S/C20H28N4O5S2/c1-14(21-18(26)29-20(2,3)4)17(25)22-9-11-23(12-10-22)19(30)31-13-15-5-7-16(8-6-15)24(27)28/h5-8,14H,9-13H2,1-4H3,(H,21,26). The number of thiocarbonyl (C=S) groups is 1. The van der Waals surface area contributed by atoms with E-state index in [1.807, 2.05) is 4.90 Å². The van der Waals surface area contributed by atoms with Crippen LogP contribution in [-0.2, 0) is 15.3 Å². The van der Waals surface area contributed by atoms with E-state index >= 15 is 0 Å². The summed E-state index contributed by atoms with van der Waals surface area (Å²) in [4.78, 5) is 38.5. The number of nitro benzene ring substituents is 1. The van der Waals surface area contributed by atoms with Crippen LogP contribution in [0.4, 0.5) is 10.5 Å². The number of amides is 2. The molecule has 1 atom stereocenters. The molecule has 2 rings (SSSR count). The molecule has 1 aromatic carbocycles. The third-order valence-corrected chi connectivity index (χ3v) is 6.06. The number of hydrogen-bond acceptors (Lipinski definition) is 7. The zero-order valence-electron chi connectivity index (χ0n) is 18.1. The van der Waals surface area contributed by atoms with Crippen molar-refractivity contribution in [3.05, 3.63) is 39.9 Å². The van der Waals surface area contributed by atoms with Crippen molar-refractivity contribution in [3.8, 4) is 0 Å². The first-order valence-corrected chi connectivity index (χ1v) is 11.3. The van der Waals surface area contributed by atoms with Gasteiger partial charge in [-0.05, 0) is 33.3 Å². The molecule has 1 saturated heterocycles. The van der Waals surface area contributed by atoms with Gasteiger partial charge in [0.25, 0.3) is 5.69 Å². The lowest BCUT2D eigenvalue weighted by atomic mass is 10.2. The van der Waals surface area contributed by atoms with Gasteiger partial charge in [-0.1, -0.05) is 36.1 Å². The number of carbonyl (C=O) groups is 2. The second-order valence-corrected chi connectivity index (χ2v) is 9.77. The summed E-state index contributed by atoms with van der Waals surface area (Å²) >= 11 is 7.00. The molecule has 0 radical (unpaired) electrons. The Morgan fingerprint density at radius 3 is 2.26 bits per heavy atom. The van der Waals surface area contributed by atoms with Crippen molar-refractivity contribution in [2.24, 2.45) is 0 Å². The minimum Gasteiger partial charge on any atom is -0.444 e. The average molecular weight is 469 g/mol. The molecule has 2 amide bonds. The largest absolute Gasteiger partial charge is 0.444 e. The summed E-state index contributed by atoms with van der Waals surface area (Å²) in [7, 11) is 0. The zero-order chi connectivity index (χ0) is 23.2. The van der Waals surface area contributed by atoms with E-state index < -0.39 is 22.7 Å². The summed E-state index contributed by atoms with van der Waals surface area (Å²) in [5.41, 5.74) is 0.390. The molecule has 0 bridgehead atoms. The Balaban J connectivity index is 1.76. The molecule has 1 aliphatic rings. The van der Waals surface area contributed by atoms with Crippen molar-refractivity contribution in [3.63, 3.8) is 0 Å². The van der Waals surface area contributed by atoms with Crippen molar-refractivity contribution >= 4 is 46.0 Å². The molecule has 170 valence electrons. The summed E-state index contributed by atoms with van der Waals surface area (Å²) in [5, 5.41) is 13.3. The van der Waals surface area contributed by atoms with Crippen LogP contribution in [0.5, 0.6) is 0 Å². The van der Waals surface area contributed by atoms with Crippen LogP contribution in [0.3, 0.4) is 0 Å². The Bertz CT molecular complexity index is 818. The predicted octanol–water partition coefficient (Wildman–Crippen LogP) is 3.17. The second-order valence-electron chi connectivity index (χ2n) is 8.16. The number of nitrogens with zero attached hydrogens (tertiary/aromatic N) is 3. The SMILES string of the molecule is CC(NC(=O)OC(C)(C)C)C(=O)N1CCN(C(=S)SCc2ccc([N+](=O)[O-])cc2)CC1. The highest BCUT2D eigenvalue weighted by Crippen LogP contribution is 2.20. The first-order valence-electron chi connectivity index (χ1n) is 9.89. The quantitative estimate of drug-likeness (QED) is 0.399. The third kappa shape index (κ3) is 7.98. The fourth-order valence-corrected chi connectivity index (χ4v) is 4.09. The van der Waals surface area contributed by atoms with Crippen LogP contribution in [0.15, 0.2) is 24.3 Å². The van der Waals surface area contributed by atoms with Gasteiger partial charge in [-0.15, -0.1) is 0 Å². The number of nitro groups is 1. The van der Waals surface area contributed by atoms with Crippen LogP contribution < -0.4 is 5.32 Å². The van der Waals surface area contributed by atoms with Crippen LogP contribution in [0, 0.1) is 10.1 Å². The first kappa shape index (κ1) is 24.9. The van der Waals surface area contributed by atoms with Crippen molar-refractivity contribution in [1.82, 2.24) is 15.1 Å². The molecule has 1 aromatic rings. The van der Waals surface area contributed by atoms with Crippen molar-refractivity contribution in [2.45, 2.75) is 45.1 Å². The molecule has 31 heavy (non-hydrogen) atoms. The molecule has 0 aromatic heterocycles. The van der Waals surface area contributed by atoms with Gasteiger partial charge in [0.1, 0.15) is 16.0 Å². The fourth-order valence-electron chi connectivity index (χ4n) is 2.88. The molecule has 0 saturated carbocycles. The average Bonchev–Trinajstić information content (AvgIpc) is 2.70. The number of rotatable bonds is 5. The minimum absolute atomic E-state index is 0.0625. The van der Waals surface area contributed by atoms with E-state index in [0.717, 1.165) is 9.88 Å². The molecule has 11 heteroatoms. The lowest BCUT2D eigenvalue weighted by molar-refractivity contribution is -0.384. The van der Waals surface area contributed by atoms with Crippen molar-refractivity contribution in [1.29, 1.82) is 0 Å². The molecule has 0 spiro atoms. The lowest BCUT2D eigenvalue weighted by Crippen LogP contribution is -2.55. The molecular weight excluding hydrogens is 440 g/mol. The number of hydrogen-bond donors (Lipinski definition) is 1. The number of thioether (sulfide) groups is 1. The lowest BCUT2D eigenvalue weighted by Gasteiger charge is -2.37. The van der Waals surface area contributed by atoms with Gasteiger partial charge in [0.05, 0.1) is 4.92 Å². The van der Waals surface area contributed by atoms with Crippen LogP contribution in [0.1, 0.15) is 33.3 Å². The van der Waals surface area contributed by atoms with Gasteiger partial charge in [0, 0.05) is 44.1 Å². The van der Waals surface area contributed by atoms with E-state index in [9.17, 15) is 19.7 Å². The summed E-state index contributed by atoms with van der Waals surface area (Å²) in [6.07, 6.45) is -0.615. The van der Waals surface area contributed by atoms with Crippen LogP contribution in [-0.4, -0.2) is 68.9 Å². The number of non-ortho nitro benzene ring substituents is 1. The van der Waals surface area contributed by atoms with E-state index in [1.54, 1.807) is 44.7 Å². The highest BCUT2D eigenvalue weighted by atomic mass is 32.2. The summed E-state index contributed by atoms with van der Waals surface area (Å²) in [6, 6.07) is 5.74. The second kappa shape index (κ2) is 10.8. The predicted molar refractivity (Wildman–Crippen MR) is 124 cm³/mol. The summed E-state index contributed by atoms with van der Waals surface area (Å²) < 4.78 is 5.92. The van der Waals surface area contributed by atoms with Gasteiger partial charge < -0.3 is 19.9 Å². The molecule has 1 fully saturated rings. The monoisotopic (exact) mass is 468 g/mol. The maximum Gasteiger partial charge on any atom is 0.408 e. The Morgan fingerprint density at radius 1 is 1.19 bits per heavy atom. The molecular formula is C20H28N4O5S2. The summed E-state index contributed by atoms with van der Waals surface area (Å²) in [5.74, 6) is 0.460. The number of ether oxygens (including phenoxy) is 1. The molecule has 1 heterocycles. The van der Waals surface area contributed by atoms with Gasteiger partial charge in [-0.3, -0.25) is 14.9 Å². The smallest absolute Gasteiger partial charge is 0.408 e. The van der Waals surface area contributed by atoms with E-state index in [2.05, 4.69) is 5.32 Å². The van der Waals surface area contributed by atoms with E-state index in [0.29, 0.717) is 31.9 Å². The van der Waals surface area contributed by atoms with Crippen molar-refractivity contribution < 1.29 is 19.2 Å². The highest BCUT2D eigenvalue weighted by Gasteiger charge is 2.28. The van der Waals surface area contributed by atoms with E-state index in [4.69, 9.17) is 17.0 Å². The number of carbonyl (C=O) groups excluding carboxylic acids is 2. The van der Waals surface area contributed by atoms with Gasteiger partial charge in [-0.25, -0.2) is 4.79 Å². The highest BCUT2D eigenvalue weighted by molar-refractivity contribution is 8.22. The Labute approximate surface area is 191 Å². The minimum atomic E-state index is -0.676. The molecule has 1 aliphatic heterocycles. The number of benzene rings is 1. The van der Waals surface area contributed by atoms with Gasteiger partial charge in [-0.2, -0.15) is 0 Å². The summed E-state index contributed by atoms with van der Waals surface area (Å²) in [6.45, 7) is 9.18. The number of piperazine rings is 1. The number of alkyl carbamates (subject to hydrolysis) is 1. The van der Waals surface area contributed by atoms with Crippen LogP contribution in [0.2, 0.25) is 0 Å². The third-order valence-electron chi connectivity index (χ3n) is 4.46. The van der Waals surface area contributed by atoms with Gasteiger partial charge >= 0.3 is 6.09 Å².